The number of nitrogens with one attached hydrogen (secondary N) is 3. The van der Waals surface area contributed by atoms with Gasteiger partial charge in [-0.25, -0.2) is 0 Å². The summed E-state index contributed by atoms with van der Waals surface area (Å²) in [5.74, 6) is -0.740. The summed E-state index contributed by atoms with van der Waals surface area (Å²) in [7, 11) is 0. The first kappa shape index (κ1) is 21.6. The number of furan rings is 1. The maximum atomic E-state index is 12.9. The molecule has 31 heavy (non-hydrogen) atoms. The van der Waals surface area contributed by atoms with Crippen LogP contribution < -0.4 is 16.0 Å². The van der Waals surface area contributed by atoms with Gasteiger partial charge < -0.3 is 20.4 Å². The van der Waals surface area contributed by atoms with Gasteiger partial charge in [0.15, 0.2) is 0 Å². The molecule has 158 valence electrons. The topological polar surface area (TPSA) is 100 Å². The lowest BCUT2D eigenvalue weighted by Crippen LogP contribution is -2.30. The van der Waals surface area contributed by atoms with Gasteiger partial charge in [0.25, 0.3) is 11.8 Å². The van der Waals surface area contributed by atoms with E-state index in [-0.39, 0.29) is 17.5 Å². The highest BCUT2D eigenvalue weighted by Gasteiger charge is 2.16. The fourth-order valence-electron chi connectivity index (χ4n) is 2.58. The number of amides is 3. The van der Waals surface area contributed by atoms with E-state index in [1.165, 1.54) is 12.3 Å². The Kier molecular flexibility index (Phi) is 7.01. The standard InChI is InChI=1S/C24H23N3O4/c1-16(2)22(28)25-18-10-12-19(13-11-18)26-24(30)21(15-20-9-6-14-31-20)27-23(29)17-7-4-3-5-8-17/h3-16H,1-2H3,(H,25,28)(H,26,30)(H,27,29). The van der Waals surface area contributed by atoms with Gasteiger partial charge in [0.1, 0.15) is 11.5 Å². The zero-order valence-electron chi connectivity index (χ0n) is 17.2. The van der Waals surface area contributed by atoms with Crippen molar-refractivity contribution in [1.82, 2.24) is 5.32 Å². The van der Waals surface area contributed by atoms with E-state index in [1.54, 1.807) is 80.6 Å². The predicted octanol–water partition coefficient (Wildman–Crippen LogP) is 4.28. The van der Waals surface area contributed by atoms with Crippen LogP contribution in [0.2, 0.25) is 0 Å². The second kappa shape index (κ2) is 10.1. The molecular weight excluding hydrogens is 394 g/mol. The number of carbonyl (C=O) groups excluding carboxylic acids is 3. The van der Waals surface area contributed by atoms with E-state index < -0.39 is 11.8 Å². The molecule has 0 unspecified atom stereocenters. The van der Waals surface area contributed by atoms with Gasteiger partial charge in [0, 0.05) is 28.9 Å². The van der Waals surface area contributed by atoms with Crippen molar-refractivity contribution in [3.8, 4) is 0 Å². The van der Waals surface area contributed by atoms with E-state index in [4.69, 9.17) is 4.42 Å². The van der Waals surface area contributed by atoms with Gasteiger partial charge >= 0.3 is 0 Å². The molecule has 0 aliphatic heterocycles. The molecular formula is C24H23N3O4. The van der Waals surface area contributed by atoms with Crippen molar-refractivity contribution in [2.24, 2.45) is 5.92 Å². The molecule has 0 radical (unpaired) electrons. The molecule has 0 bridgehead atoms. The fraction of sp³-hybridized carbons (Fsp3) is 0.125. The molecule has 3 N–H and O–H groups in total. The van der Waals surface area contributed by atoms with Crippen molar-refractivity contribution >= 4 is 35.2 Å². The van der Waals surface area contributed by atoms with Crippen LogP contribution in [0.5, 0.6) is 0 Å². The average Bonchev–Trinajstić information content (AvgIpc) is 3.28. The lowest BCUT2D eigenvalue weighted by Gasteiger charge is -2.12. The molecule has 0 aliphatic rings. The van der Waals surface area contributed by atoms with E-state index in [2.05, 4.69) is 16.0 Å². The Balaban J connectivity index is 1.74. The third kappa shape index (κ3) is 6.17. The third-order valence-corrected chi connectivity index (χ3v) is 4.29. The number of rotatable bonds is 7. The minimum absolute atomic E-state index is 0.0287. The quantitative estimate of drug-likeness (QED) is 0.500. The fourth-order valence-corrected chi connectivity index (χ4v) is 2.58. The van der Waals surface area contributed by atoms with Crippen molar-refractivity contribution in [1.29, 1.82) is 0 Å². The molecule has 3 rings (SSSR count). The Labute approximate surface area is 180 Å². The Morgan fingerprint density at radius 1 is 0.839 bits per heavy atom. The summed E-state index contributed by atoms with van der Waals surface area (Å²) in [4.78, 5) is 37.2. The number of hydrogen-bond acceptors (Lipinski definition) is 4. The molecule has 0 aliphatic carbocycles. The minimum atomic E-state index is -0.514. The Hall–Kier alpha value is -4.13. The highest BCUT2D eigenvalue weighted by molar-refractivity contribution is 6.10. The number of hydrogen-bond donors (Lipinski definition) is 3. The molecule has 0 atom stereocenters. The number of anilines is 2. The highest BCUT2D eigenvalue weighted by Crippen LogP contribution is 2.16. The van der Waals surface area contributed by atoms with Gasteiger partial charge in [-0.3, -0.25) is 14.4 Å². The van der Waals surface area contributed by atoms with Gasteiger partial charge in [0.2, 0.25) is 5.91 Å². The molecule has 3 aromatic rings. The number of benzene rings is 2. The normalized spacial score (nSPS) is 11.1. The van der Waals surface area contributed by atoms with Gasteiger partial charge in [-0.2, -0.15) is 0 Å². The van der Waals surface area contributed by atoms with Crippen LogP contribution in [-0.2, 0) is 9.59 Å². The van der Waals surface area contributed by atoms with E-state index in [0.717, 1.165) is 0 Å². The smallest absolute Gasteiger partial charge is 0.272 e. The summed E-state index contributed by atoms with van der Waals surface area (Å²) in [6.45, 7) is 3.61. The minimum Gasteiger partial charge on any atom is -0.465 e. The van der Waals surface area contributed by atoms with Crippen LogP contribution in [-0.4, -0.2) is 17.7 Å². The Bertz CT molecular complexity index is 1070. The first-order valence-corrected chi connectivity index (χ1v) is 9.76. The largest absolute Gasteiger partial charge is 0.465 e. The summed E-state index contributed by atoms with van der Waals surface area (Å²) in [5.41, 5.74) is 1.58. The van der Waals surface area contributed by atoms with Crippen molar-refractivity contribution in [3.05, 3.63) is 90.0 Å². The average molecular weight is 417 g/mol. The monoisotopic (exact) mass is 417 g/mol. The van der Waals surface area contributed by atoms with Gasteiger partial charge in [-0.05, 0) is 48.5 Å². The van der Waals surface area contributed by atoms with Crippen LogP contribution >= 0.6 is 0 Å². The van der Waals surface area contributed by atoms with Crippen LogP contribution in [0.25, 0.3) is 6.08 Å². The van der Waals surface area contributed by atoms with Crippen molar-refractivity contribution in [3.63, 3.8) is 0 Å². The maximum absolute atomic E-state index is 12.9. The van der Waals surface area contributed by atoms with E-state index in [9.17, 15) is 14.4 Å². The van der Waals surface area contributed by atoms with Gasteiger partial charge in [0.05, 0.1) is 6.26 Å². The molecule has 7 nitrogen and oxygen atoms in total. The van der Waals surface area contributed by atoms with Gasteiger partial charge in [-0.15, -0.1) is 0 Å². The summed E-state index contributed by atoms with van der Waals surface area (Å²) >= 11 is 0. The van der Waals surface area contributed by atoms with Crippen molar-refractivity contribution in [2.75, 3.05) is 10.6 Å². The third-order valence-electron chi connectivity index (χ3n) is 4.29. The molecule has 2 aromatic carbocycles. The second-order valence-corrected chi connectivity index (χ2v) is 7.07. The molecule has 0 fully saturated rings. The summed E-state index contributed by atoms with van der Waals surface area (Å²) < 4.78 is 5.28. The first-order chi connectivity index (χ1) is 14.9. The van der Waals surface area contributed by atoms with Gasteiger partial charge in [-0.1, -0.05) is 32.0 Å². The van der Waals surface area contributed by atoms with E-state index in [0.29, 0.717) is 22.7 Å². The van der Waals surface area contributed by atoms with Crippen LogP contribution in [0.4, 0.5) is 11.4 Å². The van der Waals surface area contributed by atoms with Crippen molar-refractivity contribution < 1.29 is 18.8 Å². The molecule has 0 saturated heterocycles. The van der Waals surface area contributed by atoms with Crippen LogP contribution in [0.3, 0.4) is 0 Å². The van der Waals surface area contributed by atoms with Crippen LogP contribution in [0.1, 0.15) is 30.0 Å². The van der Waals surface area contributed by atoms with Crippen molar-refractivity contribution in [2.45, 2.75) is 13.8 Å². The molecule has 3 amide bonds. The van der Waals surface area contributed by atoms with E-state index >= 15 is 0 Å². The lowest BCUT2D eigenvalue weighted by atomic mass is 10.2. The Morgan fingerprint density at radius 2 is 1.48 bits per heavy atom. The van der Waals surface area contributed by atoms with Crippen LogP contribution in [0.15, 0.2) is 83.1 Å². The van der Waals surface area contributed by atoms with Crippen LogP contribution in [0, 0.1) is 5.92 Å². The zero-order valence-corrected chi connectivity index (χ0v) is 17.2. The molecule has 0 saturated carbocycles. The predicted molar refractivity (Wildman–Crippen MR) is 119 cm³/mol. The summed E-state index contributed by atoms with van der Waals surface area (Å²) in [6, 6.07) is 18.7. The zero-order chi connectivity index (χ0) is 22.2. The first-order valence-electron chi connectivity index (χ1n) is 9.76. The molecule has 7 heteroatoms. The second-order valence-electron chi connectivity index (χ2n) is 7.07. The number of carbonyl (C=O) groups is 3. The van der Waals surface area contributed by atoms with E-state index in [1.807, 2.05) is 0 Å². The Morgan fingerprint density at radius 3 is 2.06 bits per heavy atom. The summed E-state index contributed by atoms with van der Waals surface area (Å²) in [6.07, 6.45) is 2.93. The maximum Gasteiger partial charge on any atom is 0.272 e. The molecule has 1 heterocycles. The molecule has 1 aromatic heterocycles. The molecule has 0 spiro atoms. The summed E-state index contributed by atoms with van der Waals surface area (Å²) in [5, 5.41) is 8.16. The lowest BCUT2D eigenvalue weighted by molar-refractivity contribution is -0.119. The SMILES string of the molecule is CC(C)C(=O)Nc1ccc(NC(=O)C(=Cc2ccco2)NC(=O)c2ccccc2)cc1. The highest BCUT2D eigenvalue weighted by atomic mass is 16.3.